The van der Waals surface area contributed by atoms with Crippen LogP contribution >= 0.6 is 15.9 Å². The van der Waals surface area contributed by atoms with Crippen molar-refractivity contribution >= 4 is 33.9 Å². The summed E-state index contributed by atoms with van der Waals surface area (Å²) in [6, 6.07) is 11.1. The van der Waals surface area contributed by atoms with Crippen LogP contribution < -0.4 is 15.0 Å². The highest BCUT2D eigenvalue weighted by atomic mass is 79.9. The first-order valence-corrected chi connectivity index (χ1v) is 12.1. The van der Waals surface area contributed by atoms with Crippen molar-refractivity contribution < 1.29 is 14.3 Å². The summed E-state index contributed by atoms with van der Waals surface area (Å²) in [7, 11) is 0. The van der Waals surface area contributed by atoms with Gasteiger partial charge in [-0.25, -0.2) is 0 Å². The Morgan fingerprint density at radius 2 is 1.88 bits per heavy atom. The van der Waals surface area contributed by atoms with Crippen LogP contribution in [0.3, 0.4) is 0 Å². The van der Waals surface area contributed by atoms with Gasteiger partial charge >= 0.3 is 0 Å². The number of rotatable bonds is 6. The lowest BCUT2D eigenvalue weighted by Gasteiger charge is -2.30. The number of hydrogen-bond acceptors (Lipinski definition) is 7. The van der Waals surface area contributed by atoms with Crippen LogP contribution in [-0.4, -0.2) is 47.6 Å². The zero-order valence-corrected chi connectivity index (χ0v) is 19.8. The Balaban J connectivity index is 1.24. The molecule has 0 radical (unpaired) electrons. The molecule has 1 aromatic heterocycles. The van der Waals surface area contributed by atoms with E-state index in [1.807, 2.05) is 18.2 Å². The van der Waals surface area contributed by atoms with Gasteiger partial charge in [-0.3, -0.25) is 4.79 Å². The Labute approximate surface area is 201 Å². The van der Waals surface area contributed by atoms with Gasteiger partial charge in [0.25, 0.3) is 5.91 Å². The molecular formula is C24H26BrN5O3. The Morgan fingerprint density at radius 1 is 1.12 bits per heavy atom. The number of benzene rings is 1. The SMILES string of the molecule is N#Cc1ccc(O[C@H]2CC[C@H](NC(=O)c3ccc(N4CCC(C=O)CC4)nn3)CC2)cc1Br. The van der Waals surface area contributed by atoms with Crippen molar-refractivity contribution in [2.75, 3.05) is 18.0 Å². The van der Waals surface area contributed by atoms with Gasteiger partial charge < -0.3 is 19.7 Å². The lowest BCUT2D eigenvalue weighted by molar-refractivity contribution is -0.111. The maximum absolute atomic E-state index is 12.6. The minimum absolute atomic E-state index is 0.0777. The van der Waals surface area contributed by atoms with Crippen molar-refractivity contribution in [3.05, 3.63) is 46.1 Å². The van der Waals surface area contributed by atoms with Crippen molar-refractivity contribution in [2.24, 2.45) is 5.92 Å². The Kier molecular flexibility index (Phi) is 7.55. The van der Waals surface area contributed by atoms with Crippen LogP contribution in [0.4, 0.5) is 5.82 Å². The molecule has 1 aliphatic heterocycles. The molecule has 1 N–H and O–H groups in total. The molecule has 1 amide bonds. The molecule has 9 heteroatoms. The molecule has 1 saturated carbocycles. The number of hydrogen-bond donors (Lipinski definition) is 1. The second kappa shape index (κ2) is 10.8. The lowest BCUT2D eigenvalue weighted by atomic mass is 9.93. The van der Waals surface area contributed by atoms with Crippen molar-refractivity contribution in [1.29, 1.82) is 5.26 Å². The molecule has 2 aromatic rings. The van der Waals surface area contributed by atoms with E-state index in [-0.39, 0.29) is 24.0 Å². The molecule has 1 saturated heterocycles. The van der Waals surface area contributed by atoms with E-state index in [4.69, 9.17) is 10.00 Å². The fraction of sp³-hybridized carbons (Fsp3) is 0.458. The van der Waals surface area contributed by atoms with E-state index in [0.717, 1.165) is 73.9 Å². The van der Waals surface area contributed by atoms with Gasteiger partial charge in [-0.05, 0) is 84.8 Å². The first-order valence-electron chi connectivity index (χ1n) is 11.3. The molecule has 1 aromatic carbocycles. The molecule has 0 bridgehead atoms. The number of aldehydes is 1. The van der Waals surface area contributed by atoms with E-state index in [9.17, 15) is 9.59 Å². The summed E-state index contributed by atoms with van der Waals surface area (Å²) in [6.45, 7) is 1.54. The van der Waals surface area contributed by atoms with E-state index in [0.29, 0.717) is 11.3 Å². The van der Waals surface area contributed by atoms with Gasteiger partial charge in [0.1, 0.15) is 18.1 Å². The van der Waals surface area contributed by atoms with Crippen LogP contribution in [0.2, 0.25) is 0 Å². The molecule has 0 atom stereocenters. The number of nitrogens with one attached hydrogen (secondary N) is 1. The number of amides is 1. The number of nitrogens with zero attached hydrogens (tertiary/aromatic N) is 4. The third kappa shape index (κ3) is 5.88. The summed E-state index contributed by atoms with van der Waals surface area (Å²) < 4.78 is 6.78. The smallest absolute Gasteiger partial charge is 0.272 e. The minimum atomic E-state index is -0.214. The monoisotopic (exact) mass is 511 g/mol. The zero-order chi connectivity index (χ0) is 23.2. The van der Waals surface area contributed by atoms with Crippen molar-refractivity contribution in [3.63, 3.8) is 0 Å². The van der Waals surface area contributed by atoms with Crippen LogP contribution in [0.25, 0.3) is 0 Å². The fourth-order valence-electron chi connectivity index (χ4n) is 4.32. The third-order valence-corrected chi connectivity index (χ3v) is 6.97. The first-order chi connectivity index (χ1) is 16.1. The molecule has 1 aliphatic carbocycles. The molecule has 8 nitrogen and oxygen atoms in total. The van der Waals surface area contributed by atoms with Gasteiger partial charge in [0, 0.05) is 29.5 Å². The van der Waals surface area contributed by atoms with Crippen LogP contribution in [0.1, 0.15) is 54.6 Å². The maximum atomic E-state index is 12.6. The molecule has 2 heterocycles. The summed E-state index contributed by atoms with van der Waals surface area (Å²) in [5, 5.41) is 20.4. The molecule has 33 heavy (non-hydrogen) atoms. The predicted octanol–water partition coefficient (Wildman–Crippen LogP) is 3.65. The molecule has 0 spiro atoms. The second-order valence-electron chi connectivity index (χ2n) is 8.56. The Morgan fingerprint density at radius 3 is 2.48 bits per heavy atom. The third-order valence-electron chi connectivity index (χ3n) is 6.31. The average molecular weight is 512 g/mol. The largest absolute Gasteiger partial charge is 0.490 e. The van der Waals surface area contributed by atoms with Crippen LogP contribution in [0.15, 0.2) is 34.8 Å². The van der Waals surface area contributed by atoms with Crippen molar-refractivity contribution in [1.82, 2.24) is 15.5 Å². The van der Waals surface area contributed by atoms with E-state index < -0.39 is 0 Å². The van der Waals surface area contributed by atoms with Crippen LogP contribution in [0, 0.1) is 17.2 Å². The van der Waals surface area contributed by atoms with Gasteiger partial charge in [-0.1, -0.05) is 0 Å². The van der Waals surface area contributed by atoms with Gasteiger partial charge in [0.05, 0.1) is 11.7 Å². The number of carbonyl (C=O) groups excluding carboxylic acids is 2. The summed E-state index contributed by atoms with van der Waals surface area (Å²) in [5.41, 5.74) is 0.884. The number of halogens is 1. The standard InChI is InChI=1S/C24H26BrN5O3/c25-21-13-20(4-1-17(21)14-26)33-19-5-2-18(3-6-19)27-24(32)22-7-8-23(29-28-22)30-11-9-16(15-31)10-12-30/h1,4,7-8,13,15-16,18-19H,2-3,5-6,9-12H2,(H,27,32)/t18-,19-. The van der Waals surface area contributed by atoms with E-state index in [2.05, 4.69) is 42.4 Å². The summed E-state index contributed by atoms with van der Waals surface area (Å²) in [5.74, 6) is 1.39. The number of piperidine rings is 1. The van der Waals surface area contributed by atoms with Gasteiger partial charge in [-0.15, -0.1) is 10.2 Å². The number of nitriles is 1. The van der Waals surface area contributed by atoms with Crippen molar-refractivity contribution in [2.45, 2.75) is 50.7 Å². The molecule has 172 valence electrons. The van der Waals surface area contributed by atoms with E-state index in [1.54, 1.807) is 12.1 Å². The summed E-state index contributed by atoms with van der Waals surface area (Å²) in [4.78, 5) is 25.6. The van der Waals surface area contributed by atoms with Crippen molar-refractivity contribution in [3.8, 4) is 11.8 Å². The van der Waals surface area contributed by atoms with E-state index in [1.165, 1.54) is 0 Å². The highest BCUT2D eigenvalue weighted by Crippen LogP contribution is 2.27. The Bertz CT molecular complexity index is 1020. The average Bonchev–Trinajstić information content (AvgIpc) is 2.85. The quantitative estimate of drug-likeness (QED) is 0.589. The predicted molar refractivity (Wildman–Crippen MR) is 126 cm³/mol. The minimum Gasteiger partial charge on any atom is -0.490 e. The fourth-order valence-corrected chi connectivity index (χ4v) is 4.76. The lowest BCUT2D eigenvalue weighted by Crippen LogP contribution is -2.40. The summed E-state index contributed by atoms with van der Waals surface area (Å²) in [6.07, 6.45) is 6.08. The molecule has 2 aliphatic rings. The Hall–Kier alpha value is -2.99. The molecule has 4 rings (SSSR count). The second-order valence-corrected chi connectivity index (χ2v) is 9.41. The topological polar surface area (TPSA) is 108 Å². The maximum Gasteiger partial charge on any atom is 0.272 e. The highest BCUT2D eigenvalue weighted by molar-refractivity contribution is 9.10. The van der Waals surface area contributed by atoms with Gasteiger partial charge in [-0.2, -0.15) is 5.26 Å². The molecular weight excluding hydrogens is 486 g/mol. The van der Waals surface area contributed by atoms with Gasteiger partial charge in [0.2, 0.25) is 0 Å². The number of ether oxygens (including phenoxy) is 1. The number of aromatic nitrogens is 2. The first kappa shape index (κ1) is 23.2. The molecule has 2 fully saturated rings. The van der Waals surface area contributed by atoms with Gasteiger partial charge in [0.15, 0.2) is 11.5 Å². The van der Waals surface area contributed by atoms with Crippen LogP contribution in [-0.2, 0) is 4.79 Å². The normalized spacial score (nSPS) is 21.2. The summed E-state index contributed by atoms with van der Waals surface area (Å²) >= 11 is 3.39. The molecule has 0 unspecified atom stereocenters. The number of anilines is 1. The number of carbonyl (C=O) groups is 2. The van der Waals surface area contributed by atoms with Crippen LogP contribution in [0.5, 0.6) is 5.75 Å². The highest BCUT2D eigenvalue weighted by Gasteiger charge is 2.25. The zero-order valence-electron chi connectivity index (χ0n) is 18.2. The van der Waals surface area contributed by atoms with E-state index >= 15 is 0 Å².